The number of aliphatic imine (C=N–C) groups is 1. The quantitative estimate of drug-likeness (QED) is 0.0362. The van der Waals surface area contributed by atoms with E-state index in [9.17, 15) is 14.4 Å². The van der Waals surface area contributed by atoms with Gasteiger partial charge in [0, 0.05) is 22.6 Å². The highest BCUT2D eigenvalue weighted by Crippen LogP contribution is 2.45. The molecule has 0 spiro atoms. The van der Waals surface area contributed by atoms with Crippen LogP contribution < -0.4 is 21.9 Å². The minimum atomic E-state index is -1.23. The van der Waals surface area contributed by atoms with Gasteiger partial charge in [-0.05, 0) is 57.5 Å². The topological polar surface area (TPSA) is 184 Å². The summed E-state index contributed by atoms with van der Waals surface area (Å²) in [5.74, 6) is -0.795. The van der Waals surface area contributed by atoms with Crippen molar-refractivity contribution < 1.29 is 28.7 Å². The van der Waals surface area contributed by atoms with E-state index in [1.54, 1.807) is 16.6 Å². The van der Waals surface area contributed by atoms with E-state index in [0.29, 0.717) is 38.7 Å². The molecule has 8 aromatic rings. The number of nitrogens with two attached hydrogens (primary N) is 1. The number of esters is 1. The van der Waals surface area contributed by atoms with Crippen molar-refractivity contribution >= 4 is 69.6 Å². The van der Waals surface area contributed by atoms with Gasteiger partial charge in [-0.3, -0.25) is 14.5 Å². The Labute approximate surface area is 492 Å². The number of β-lactam (4-membered cyclic amide) rings is 1. The number of ether oxygens (including phenoxy) is 2. The van der Waals surface area contributed by atoms with Crippen LogP contribution in [-0.2, 0) is 29.4 Å². The van der Waals surface area contributed by atoms with Gasteiger partial charge in [0.1, 0.15) is 28.7 Å². The third-order valence-corrected chi connectivity index (χ3v) is 17.7. The number of carbonyl (C=O) groups excluding carboxylic acids is 4. The zero-order valence-electron chi connectivity index (χ0n) is 44.7. The molecule has 0 aliphatic carbocycles. The van der Waals surface area contributed by atoms with E-state index in [1.165, 1.54) is 44.8 Å². The predicted molar refractivity (Wildman–Crippen MR) is 324 cm³/mol. The number of rotatable bonds is 18. The number of thioether (sulfide) groups is 2. The molecular formula is C65H55N9O6S3. The van der Waals surface area contributed by atoms with E-state index in [0.717, 1.165) is 38.9 Å². The summed E-state index contributed by atoms with van der Waals surface area (Å²) in [6.07, 6.45) is 1.29. The second-order valence-electron chi connectivity index (χ2n) is 19.9. The second-order valence-corrected chi connectivity index (χ2v) is 22.8. The number of hydrogen-bond acceptors (Lipinski definition) is 15. The van der Waals surface area contributed by atoms with E-state index in [4.69, 9.17) is 25.2 Å². The summed E-state index contributed by atoms with van der Waals surface area (Å²) in [5, 5.41) is 11.9. The molecule has 0 bridgehead atoms. The van der Waals surface area contributed by atoms with Crippen LogP contribution in [0.15, 0.2) is 257 Å². The van der Waals surface area contributed by atoms with Crippen LogP contribution in [-0.4, -0.2) is 72.4 Å². The van der Waals surface area contributed by atoms with Crippen LogP contribution in [0.2, 0.25) is 0 Å². The molecule has 1 fully saturated rings. The molecule has 5 N–H and O–H groups in total. The monoisotopic (exact) mass is 1150 g/mol. The van der Waals surface area contributed by atoms with Gasteiger partial charge in [0.05, 0.1) is 16.9 Å². The highest BCUT2D eigenvalue weighted by atomic mass is 32.2. The summed E-state index contributed by atoms with van der Waals surface area (Å²) in [4.78, 5) is 69.0. The molecule has 0 radical (unpaired) electrons. The number of hydrogen-bond donors (Lipinski definition) is 4. The van der Waals surface area contributed by atoms with E-state index in [-0.39, 0.29) is 11.4 Å². The third kappa shape index (κ3) is 11.2. The lowest BCUT2D eigenvalue weighted by Crippen LogP contribution is -2.71. The first kappa shape index (κ1) is 54.5. The number of anilines is 1. The number of benzene rings is 7. The Kier molecular flexibility index (Phi) is 15.9. The molecule has 1 saturated heterocycles. The number of amides is 3. The lowest BCUT2D eigenvalue weighted by atomic mass is 9.77. The summed E-state index contributed by atoms with van der Waals surface area (Å²) in [6.45, 7) is 1.86. The number of fused-ring (bicyclic) bond motifs is 2. The summed E-state index contributed by atoms with van der Waals surface area (Å²) >= 11 is 4.14. The van der Waals surface area contributed by atoms with Crippen molar-refractivity contribution in [1.82, 2.24) is 30.8 Å². The molecule has 0 saturated carbocycles. The fraction of sp³-hybridized carbons (Fsp3) is 0.138. The van der Waals surface area contributed by atoms with Gasteiger partial charge in [-0.1, -0.05) is 212 Å². The maximum atomic E-state index is 15.1. The fourth-order valence-electron chi connectivity index (χ4n) is 10.5. The van der Waals surface area contributed by atoms with Crippen LogP contribution in [0.3, 0.4) is 0 Å². The highest BCUT2D eigenvalue weighted by Gasteiger charge is 2.55. The van der Waals surface area contributed by atoms with Crippen molar-refractivity contribution in [1.29, 1.82) is 0 Å². The molecule has 7 aromatic carbocycles. The largest absolute Gasteiger partial charge is 0.448 e. The molecule has 3 amide bonds. The standard InChI is InChI=1S/C65H55N9O6S3/c1-42-37-53(74-52(67-42)38-72(71-74)64(78)80-58(45-27-13-4-14-28-45)46-29-15-5-16-30-46)81-39-47-40-82-61-55(60(76)73(61)56(47)62(77)79-57(43-23-9-2-10-24-43)44-25-11-3-12-26-44)69-59(75)54(66)51-41-83-63(68-51)70-65(48-31-17-6-18-32-48,49-33-19-7-20-34-49)50-35-21-8-22-36-50/h2-38,41,54-55,57-58,61,71H,39-40,66H2,1H3,(H,68,70)(H,69,75)/t54?,55-,61-/m1/s1. The maximum absolute atomic E-state index is 15.1. The predicted octanol–water partition coefficient (Wildman–Crippen LogP) is 11.3. The van der Waals surface area contributed by atoms with Gasteiger partial charge in [0.2, 0.25) is 5.91 Å². The summed E-state index contributed by atoms with van der Waals surface area (Å²) in [6, 6.07) is 66.0. The lowest BCUT2D eigenvalue weighted by Gasteiger charge is -2.50. The number of nitrogens with one attached hydrogen (secondary N) is 3. The second kappa shape index (κ2) is 24.2. The molecule has 18 heteroatoms. The van der Waals surface area contributed by atoms with Gasteiger partial charge in [-0.2, -0.15) is 5.01 Å². The fourth-order valence-corrected chi connectivity index (χ4v) is 13.9. The van der Waals surface area contributed by atoms with Crippen LogP contribution in [0.25, 0.3) is 0 Å². The van der Waals surface area contributed by atoms with Crippen LogP contribution in [0.4, 0.5) is 9.93 Å². The molecule has 15 nitrogen and oxygen atoms in total. The van der Waals surface area contributed by atoms with E-state index in [1.807, 2.05) is 189 Å². The number of allylic oxidation sites excluding steroid dienone is 1. The van der Waals surface area contributed by atoms with E-state index in [2.05, 4.69) is 52.6 Å². The van der Waals surface area contributed by atoms with Gasteiger partial charge in [0.15, 0.2) is 23.2 Å². The van der Waals surface area contributed by atoms with E-state index >= 15 is 4.79 Å². The van der Waals surface area contributed by atoms with Gasteiger partial charge in [-0.15, -0.1) is 40.4 Å². The Bertz CT molecular complexity index is 3610. The first-order valence-electron chi connectivity index (χ1n) is 26.8. The van der Waals surface area contributed by atoms with Gasteiger partial charge >= 0.3 is 12.1 Å². The maximum Gasteiger partial charge on any atom is 0.431 e. The van der Waals surface area contributed by atoms with Gasteiger partial charge in [-0.25, -0.2) is 24.6 Å². The summed E-state index contributed by atoms with van der Waals surface area (Å²) in [7, 11) is 0. The van der Waals surface area contributed by atoms with Crippen LogP contribution in [0.1, 0.15) is 69.8 Å². The molecule has 3 atom stereocenters. The summed E-state index contributed by atoms with van der Waals surface area (Å²) in [5.41, 5.74) is 16.8. The summed E-state index contributed by atoms with van der Waals surface area (Å²) < 4.78 is 12.7. The van der Waals surface area contributed by atoms with Gasteiger partial charge in [0.25, 0.3) is 5.91 Å². The number of hydrazine groups is 2. The Balaban J connectivity index is 0.786. The van der Waals surface area contributed by atoms with Crippen molar-refractivity contribution in [2.45, 2.75) is 42.1 Å². The molecule has 4 aliphatic heterocycles. The van der Waals surface area contributed by atoms with Crippen molar-refractivity contribution in [3.05, 3.63) is 297 Å². The molecule has 5 heterocycles. The minimum absolute atomic E-state index is 0.0943. The van der Waals surface area contributed by atoms with Gasteiger partial charge < -0.3 is 25.8 Å². The molecular weight excluding hydrogens is 1100 g/mol. The SMILES string of the molecule is CC1=NC2=CN(C(=O)OC(c3ccccc3)c3ccccc3)NN2C(SCC2=C(C(=O)OC(c3ccccc3)c3ccccc3)N3C(=O)[C@@H](NC(=O)C(N)c4csc(NC(c5ccccc5)(c5ccccc5)c5ccccc5)n4)[C@H]3SC2)=C1. The Hall–Kier alpha value is -9.04. The third-order valence-electron chi connectivity index (χ3n) is 14.5. The average Bonchev–Trinajstić information content (AvgIpc) is 4.36. The van der Waals surface area contributed by atoms with Crippen LogP contribution in [0, 0.1) is 0 Å². The Morgan fingerprint density at radius 1 is 0.711 bits per heavy atom. The first-order valence-corrected chi connectivity index (χ1v) is 29.8. The minimum Gasteiger partial charge on any atom is -0.448 e. The number of aromatic nitrogens is 1. The number of nitrogens with zero attached hydrogens (tertiary/aromatic N) is 5. The molecule has 1 aromatic heterocycles. The molecule has 414 valence electrons. The van der Waals surface area contributed by atoms with Crippen LogP contribution >= 0.6 is 34.9 Å². The normalized spacial score (nSPS) is 16.9. The van der Waals surface area contributed by atoms with E-state index < -0.39 is 59.1 Å². The molecule has 1 unspecified atom stereocenters. The Morgan fingerprint density at radius 3 is 1.70 bits per heavy atom. The molecule has 4 aliphatic rings. The smallest absolute Gasteiger partial charge is 0.431 e. The first-order chi connectivity index (χ1) is 40.6. The molecule has 12 rings (SSSR count). The number of carbonyl (C=O) groups is 4. The van der Waals surface area contributed by atoms with Crippen molar-refractivity contribution in [2.75, 3.05) is 16.8 Å². The zero-order chi connectivity index (χ0) is 56.9. The molecule has 83 heavy (non-hydrogen) atoms. The van der Waals surface area contributed by atoms with Crippen molar-refractivity contribution in [3.8, 4) is 0 Å². The highest BCUT2D eigenvalue weighted by molar-refractivity contribution is 8.03. The van der Waals surface area contributed by atoms with Crippen molar-refractivity contribution in [2.24, 2.45) is 10.7 Å². The number of thiazole rings is 1. The zero-order valence-corrected chi connectivity index (χ0v) is 47.2. The lowest BCUT2D eigenvalue weighted by molar-refractivity contribution is -0.154. The van der Waals surface area contributed by atoms with Crippen molar-refractivity contribution in [3.63, 3.8) is 0 Å². The Morgan fingerprint density at radius 2 is 1.19 bits per heavy atom. The average molecular weight is 1150 g/mol. The van der Waals surface area contributed by atoms with Crippen LogP contribution in [0.5, 0.6) is 0 Å².